The number of ether oxygens (including phenoxy) is 1. The van der Waals surface area contributed by atoms with Crippen LogP contribution in [0.2, 0.25) is 0 Å². The molecule has 0 saturated heterocycles. The maximum Gasteiger partial charge on any atom is 1.00 e. The third kappa shape index (κ3) is 10.7. The van der Waals surface area contributed by atoms with Gasteiger partial charge in [0, 0.05) is 6.26 Å². The van der Waals surface area contributed by atoms with Gasteiger partial charge in [-0.05, 0) is 0 Å². The largest absolute Gasteiger partial charge is 1.00 e. The van der Waals surface area contributed by atoms with E-state index >= 15 is 0 Å². The number of rotatable bonds is 1. The molecule has 32 valence electrons. The van der Waals surface area contributed by atoms with Crippen molar-refractivity contribution in [3.8, 4) is 5.92 Å². The molecule has 1 nitrogen and oxygen atoms in total. The van der Waals surface area contributed by atoms with Gasteiger partial charge < -0.3 is 11.2 Å². The molecule has 0 radical (unpaired) electrons. The predicted octanol–water partition coefficient (Wildman–Crippen LogP) is -2.26. The van der Waals surface area contributed by atoms with E-state index in [2.05, 4.69) is 4.74 Å². The molecule has 0 unspecified atom stereocenters. The summed E-state index contributed by atoms with van der Waals surface area (Å²) in [4.78, 5) is 0. The van der Waals surface area contributed by atoms with Gasteiger partial charge in [0.25, 0.3) is 0 Å². The smallest absolute Gasteiger partial charge is 0.522 e. The van der Waals surface area contributed by atoms with Crippen molar-refractivity contribution >= 4 is 0 Å². The molecule has 0 aliphatic heterocycles. The van der Waals surface area contributed by atoms with E-state index in [9.17, 15) is 0 Å². The fraction of sp³-hybridized carbons (Fsp3) is 0.200. The summed E-state index contributed by atoms with van der Waals surface area (Å²) < 4.78 is 4.42. The summed E-state index contributed by atoms with van der Waals surface area (Å²) in [6, 6.07) is 0. The van der Waals surface area contributed by atoms with Crippen LogP contribution in [-0.4, -0.2) is 7.11 Å². The number of methoxy groups -OCH3 is 1. The molecule has 0 N–H and O–H groups in total. The SMILES string of the molecule is [C-]#CC=COC.[Li+]. The molecular formula is C5H5LiO. The second-order valence-electron chi connectivity index (χ2n) is 0.683. The van der Waals surface area contributed by atoms with Gasteiger partial charge in [0.2, 0.25) is 0 Å². The van der Waals surface area contributed by atoms with Gasteiger partial charge in [-0.15, -0.1) is 6.08 Å². The molecule has 0 fully saturated rings. The molecule has 0 aromatic rings. The van der Waals surface area contributed by atoms with Gasteiger partial charge in [0.1, 0.15) is 0 Å². The van der Waals surface area contributed by atoms with Crippen molar-refractivity contribution in [1.82, 2.24) is 0 Å². The van der Waals surface area contributed by atoms with E-state index in [1.165, 1.54) is 19.4 Å². The van der Waals surface area contributed by atoms with Gasteiger partial charge in [-0.25, -0.2) is 0 Å². The monoisotopic (exact) mass is 88.1 g/mol. The van der Waals surface area contributed by atoms with Crippen LogP contribution in [0.4, 0.5) is 0 Å². The van der Waals surface area contributed by atoms with E-state index in [4.69, 9.17) is 6.42 Å². The van der Waals surface area contributed by atoms with E-state index in [1.54, 1.807) is 0 Å². The van der Waals surface area contributed by atoms with Gasteiger partial charge in [0.15, 0.2) is 0 Å². The summed E-state index contributed by atoms with van der Waals surface area (Å²) in [6.45, 7) is 0. The van der Waals surface area contributed by atoms with Crippen molar-refractivity contribution in [3.63, 3.8) is 0 Å². The van der Waals surface area contributed by atoms with E-state index < -0.39 is 0 Å². The fourth-order valence-electron chi connectivity index (χ4n) is 0.102. The van der Waals surface area contributed by atoms with Crippen LogP contribution in [0.3, 0.4) is 0 Å². The predicted molar refractivity (Wildman–Crippen MR) is 23.3 cm³/mol. The van der Waals surface area contributed by atoms with E-state index in [1.807, 2.05) is 5.92 Å². The maximum atomic E-state index is 6.29. The summed E-state index contributed by atoms with van der Waals surface area (Å²) in [6.07, 6.45) is 9.05. The van der Waals surface area contributed by atoms with Gasteiger partial charge in [-0.3, -0.25) is 5.92 Å². The fourth-order valence-corrected chi connectivity index (χ4v) is 0.102. The zero-order valence-corrected chi connectivity index (χ0v) is 4.56. The topological polar surface area (TPSA) is 9.23 Å². The van der Waals surface area contributed by atoms with Gasteiger partial charge in [-0.2, -0.15) is 0 Å². The number of hydrogen-bond acceptors (Lipinski definition) is 1. The standard InChI is InChI=1S/C5H5O.Li/c1-3-4-5-6-2;/h4-5H,2H3;/q-1;+1. The van der Waals surface area contributed by atoms with E-state index in [0.29, 0.717) is 0 Å². The first kappa shape index (κ1) is 9.85. The Morgan fingerprint density at radius 3 is 2.43 bits per heavy atom. The zero-order chi connectivity index (χ0) is 4.83. The zero-order valence-electron chi connectivity index (χ0n) is 4.56. The van der Waals surface area contributed by atoms with Crippen LogP contribution < -0.4 is 18.9 Å². The molecule has 0 saturated carbocycles. The summed E-state index contributed by atoms with van der Waals surface area (Å²) in [5.41, 5.74) is 0. The van der Waals surface area contributed by atoms with Crippen LogP contribution in [0.25, 0.3) is 0 Å². The third-order valence-corrected chi connectivity index (χ3v) is 0.287. The van der Waals surface area contributed by atoms with Crippen molar-refractivity contribution in [2.24, 2.45) is 0 Å². The molecule has 0 aromatic carbocycles. The Bertz CT molecular complexity index is 80.6. The van der Waals surface area contributed by atoms with Crippen molar-refractivity contribution in [1.29, 1.82) is 0 Å². The van der Waals surface area contributed by atoms with Crippen molar-refractivity contribution in [2.45, 2.75) is 0 Å². The van der Waals surface area contributed by atoms with Crippen LogP contribution in [0, 0.1) is 12.3 Å². The molecule has 0 aliphatic rings. The van der Waals surface area contributed by atoms with Crippen molar-refractivity contribution in [2.75, 3.05) is 7.11 Å². The van der Waals surface area contributed by atoms with Gasteiger partial charge in [0.05, 0.1) is 7.11 Å². The maximum absolute atomic E-state index is 6.29. The first-order chi connectivity index (χ1) is 2.91. The van der Waals surface area contributed by atoms with Crippen LogP contribution >= 0.6 is 0 Å². The summed E-state index contributed by atoms with van der Waals surface area (Å²) in [7, 11) is 1.52. The summed E-state index contributed by atoms with van der Waals surface area (Å²) in [5.74, 6) is 2.01. The Balaban J connectivity index is 0. The Hall–Kier alpha value is -0.303. The molecule has 7 heavy (non-hydrogen) atoms. The Morgan fingerprint density at radius 2 is 2.29 bits per heavy atom. The van der Waals surface area contributed by atoms with Crippen LogP contribution in [0.15, 0.2) is 12.3 Å². The second-order valence-corrected chi connectivity index (χ2v) is 0.683. The minimum atomic E-state index is 0. The molecule has 0 rings (SSSR count). The summed E-state index contributed by atoms with van der Waals surface area (Å²) in [5, 5.41) is 0. The summed E-state index contributed by atoms with van der Waals surface area (Å²) >= 11 is 0. The minimum absolute atomic E-state index is 0. The minimum Gasteiger partial charge on any atom is -0.522 e. The average molecular weight is 88.0 g/mol. The molecule has 0 bridgehead atoms. The van der Waals surface area contributed by atoms with Gasteiger partial charge >= 0.3 is 18.9 Å². The molecule has 0 aromatic heterocycles. The number of allylic oxidation sites excluding steroid dienone is 1. The molecule has 0 spiro atoms. The third-order valence-electron chi connectivity index (χ3n) is 0.287. The van der Waals surface area contributed by atoms with Crippen LogP contribution in [0.1, 0.15) is 0 Å². The van der Waals surface area contributed by atoms with Crippen LogP contribution in [-0.2, 0) is 4.74 Å². The first-order valence-electron chi connectivity index (χ1n) is 1.52. The number of hydrogen-bond donors (Lipinski definition) is 0. The molecule has 0 aliphatic carbocycles. The Kier molecular flexibility index (Phi) is 12.9. The Morgan fingerprint density at radius 1 is 1.71 bits per heavy atom. The molecule has 0 amide bonds. The molecule has 0 heterocycles. The quantitative estimate of drug-likeness (QED) is 0.152. The van der Waals surface area contributed by atoms with E-state index in [-0.39, 0.29) is 18.9 Å². The average Bonchev–Trinajstić information content (AvgIpc) is 1.61. The molecular weight excluding hydrogens is 83.0 g/mol. The molecule has 0 atom stereocenters. The first-order valence-corrected chi connectivity index (χ1v) is 1.52. The van der Waals surface area contributed by atoms with Gasteiger partial charge in [-0.1, -0.05) is 0 Å². The van der Waals surface area contributed by atoms with E-state index in [0.717, 1.165) is 0 Å². The van der Waals surface area contributed by atoms with Crippen molar-refractivity contribution < 1.29 is 23.6 Å². The Labute approximate surface area is 55.9 Å². The normalized spacial score (nSPS) is 6.86. The second kappa shape index (κ2) is 9.20. The molecule has 2 heteroatoms. The van der Waals surface area contributed by atoms with Crippen LogP contribution in [0.5, 0.6) is 0 Å². The van der Waals surface area contributed by atoms with Crippen molar-refractivity contribution in [3.05, 3.63) is 18.8 Å².